The number of alkyl halides is 3. The highest BCUT2D eigenvalue weighted by Gasteiger charge is 2.35. The lowest BCUT2D eigenvalue weighted by Gasteiger charge is -2.12. The first-order valence-electron chi connectivity index (χ1n) is 7.72. The molecule has 3 rings (SSSR count). The normalized spacial score (nSPS) is 16.6. The summed E-state index contributed by atoms with van der Waals surface area (Å²) in [7, 11) is 0. The first-order chi connectivity index (χ1) is 12.2. The Bertz CT molecular complexity index is 888. The molecule has 1 heterocycles. The molecule has 2 aromatic carbocycles. The number of rotatable bonds is 3. The predicted octanol–water partition coefficient (Wildman–Crippen LogP) is 5.25. The van der Waals surface area contributed by atoms with E-state index >= 15 is 0 Å². The topological polar surface area (TPSA) is 37.4 Å². The summed E-state index contributed by atoms with van der Waals surface area (Å²) in [6.07, 6.45) is -2.98. The third-order valence-electron chi connectivity index (χ3n) is 3.83. The van der Waals surface area contributed by atoms with Crippen LogP contribution in [-0.4, -0.2) is 16.0 Å². The van der Waals surface area contributed by atoms with Crippen LogP contribution in [0, 0.1) is 6.92 Å². The van der Waals surface area contributed by atoms with Crippen LogP contribution in [-0.2, 0) is 17.5 Å². The molecule has 0 aliphatic carbocycles. The largest absolute Gasteiger partial charge is 0.416 e. The first-order valence-corrected chi connectivity index (χ1v) is 8.54. The number of nitrogens with zero attached hydrogens (tertiary/aromatic N) is 1. The molecule has 3 nitrogen and oxygen atoms in total. The van der Waals surface area contributed by atoms with Crippen LogP contribution in [0.25, 0.3) is 6.08 Å². The molecule has 0 N–H and O–H groups in total. The van der Waals surface area contributed by atoms with Crippen molar-refractivity contribution in [2.75, 3.05) is 0 Å². The molecule has 26 heavy (non-hydrogen) atoms. The van der Waals surface area contributed by atoms with Crippen molar-refractivity contribution in [2.24, 2.45) is 0 Å². The highest BCUT2D eigenvalue weighted by Crippen LogP contribution is 2.34. The van der Waals surface area contributed by atoms with Gasteiger partial charge < -0.3 is 0 Å². The summed E-state index contributed by atoms with van der Waals surface area (Å²) in [5.74, 6) is -0.443. The van der Waals surface area contributed by atoms with E-state index in [2.05, 4.69) is 0 Å². The van der Waals surface area contributed by atoms with E-state index < -0.39 is 22.9 Å². The zero-order chi connectivity index (χ0) is 18.9. The number of hydrogen-bond donors (Lipinski definition) is 0. The lowest BCUT2D eigenvalue weighted by molar-refractivity contribution is -0.137. The zero-order valence-corrected chi connectivity index (χ0v) is 14.5. The Morgan fingerprint density at radius 2 is 1.77 bits per heavy atom. The molecule has 0 unspecified atom stereocenters. The van der Waals surface area contributed by atoms with Crippen LogP contribution in [0.5, 0.6) is 0 Å². The molecule has 1 aliphatic rings. The summed E-state index contributed by atoms with van der Waals surface area (Å²) in [4.78, 5) is 25.9. The summed E-state index contributed by atoms with van der Waals surface area (Å²) < 4.78 is 37.8. The van der Waals surface area contributed by atoms with Gasteiger partial charge in [0, 0.05) is 0 Å². The zero-order valence-electron chi connectivity index (χ0n) is 13.7. The quantitative estimate of drug-likeness (QED) is 0.686. The minimum Gasteiger partial charge on any atom is -0.268 e. The average molecular weight is 377 g/mol. The highest BCUT2D eigenvalue weighted by molar-refractivity contribution is 8.18. The molecule has 0 atom stereocenters. The highest BCUT2D eigenvalue weighted by atomic mass is 32.2. The van der Waals surface area contributed by atoms with Gasteiger partial charge in [0.25, 0.3) is 11.1 Å². The molecule has 2 aromatic rings. The number of thioether (sulfide) groups is 1. The first kappa shape index (κ1) is 18.3. The van der Waals surface area contributed by atoms with Gasteiger partial charge in [-0.05, 0) is 48.0 Å². The van der Waals surface area contributed by atoms with Gasteiger partial charge in [0.15, 0.2) is 0 Å². The van der Waals surface area contributed by atoms with Crippen molar-refractivity contribution in [1.82, 2.24) is 4.90 Å². The van der Waals surface area contributed by atoms with Crippen molar-refractivity contribution in [3.8, 4) is 0 Å². The molecule has 0 saturated carbocycles. The Balaban J connectivity index is 1.78. The minimum atomic E-state index is -4.41. The summed E-state index contributed by atoms with van der Waals surface area (Å²) >= 11 is 0.786. The second-order valence-corrected chi connectivity index (χ2v) is 6.87. The molecule has 0 bridgehead atoms. The van der Waals surface area contributed by atoms with Crippen LogP contribution < -0.4 is 0 Å². The number of aryl methyl sites for hydroxylation is 1. The van der Waals surface area contributed by atoms with Gasteiger partial charge in [0.2, 0.25) is 0 Å². The lowest BCUT2D eigenvalue weighted by Crippen LogP contribution is -2.27. The summed E-state index contributed by atoms with van der Waals surface area (Å²) in [5.41, 5.74) is 1.53. The number of carbonyl (C=O) groups excluding carboxylic acids is 2. The van der Waals surface area contributed by atoms with E-state index in [0.717, 1.165) is 39.9 Å². The fourth-order valence-corrected chi connectivity index (χ4v) is 3.39. The standard InChI is InChI=1S/C19H14F3NO2S/c1-12-3-2-4-14(9-12)11-23-17(24)16(26-18(23)25)10-13-5-7-15(8-6-13)19(20,21)22/h2-10H,11H2,1H3/b16-10-. The van der Waals surface area contributed by atoms with Crippen molar-refractivity contribution in [1.29, 1.82) is 0 Å². The van der Waals surface area contributed by atoms with E-state index in [4.69, 9.17) is 0 Å². The van der Waals surface area contributed by atoms with E-state index in [0.29, 0.717) is 5.56 Å². The van der Waals surface area contributed by atoms with Crippen molar-refractivity contribution in [2.45, 2.75) is 19.6 Å². The maximum atomic E-state index is 12.6. The molecule has 1 aliphatic heterocycles. The van der Waals surface area contributed by atoms with E-state index in [1.807, 2.05) is 31.2 Å². The van der Waals surface area contributed by atoms with Gasteiger partial charge in [-0.25, -0.2) is 0 Å². The van der Waals surface area contributed by atoms with Crippen LogP contribution in [0.15, 0.2) is 53.4 Å². The number of carbonyl (C=O) groups is 2. The van der Waals surface area contributed by atoms with Gasteiger partial charge in [0.05, 0.1) is 17.0 Å². The summed E-state index contributed by atoms with van der Waals surface area (Å²) in [6, 6.07) is 11.9. The Labute approximate surface area is 152 Å². The molecular weight excluding hydrogens is 363 g/mol. The van der Waals surface area contributed by atoms with Crippen molar-refractivity contribution < 1.29 is 22.8 Å². The molecule has 1 saturated heterocycles. The molecule has 2 amide bonds. The van der Waals surface area contributed by atoms with Gasteiger partial charge >= 0.3 is 6.18 Å². The fourth-order valence-electron chi connectivity index (χ4n) is 2.55. The number of hydrogen-bond acceptors (Lipinski definition) is 3. The van der Waals surface area contributed by atoms with E-state index in [1.54, 1.807) is 0 Å². The van der Waals surface area contributed by atoms with Crippen LogP contribution in [0.1, 0.15) is 22.3 Å². The number of benzene rings is 2. The van der Waals surface area contributed by atoms with Crippen LogP contribution in [0.2, 0.25) is 0 Å². The van der Waals surface area contributed by atoms with Crippen LogP contribution >= 0.6 is 11.8 Å². The van der Waals surface area contributed by atoms with Gasteiger partial charge in [-0.2, -0.15) is 13.2 Å². The van der Waals surface area contributed by atoms with Crippen molar-refractivity contribution in [3.05, 3.63) is 75.7 Å². The lowest BCUT2D eigenvalue weighted by atomic mass is 10.1. The third-order valence-corrected chi connectivity index (χ3v) is 4.74. The van der Waals surface area contributed by atoms with Gasteiger partial charge in [-0.3, -0.25) is 14.5 Å². The predicted molar refractivity (Wildman–Crippen MR) is 94.1 cm³/mol. The fraction of sp³-hybridized carbons (Fsp3) is 0.158. The summed E-state index contributed by atoms with van der Waals surface area (Å²) in [6.45, 7) is 2.08. The maximum Gasteiger partial charge on any atom is 0.416 e. The van der Waals surface area contributed by atoms with Crippen molar-refractivity contribution >= 4 is 29.0 Å². The second kappa shape index (κ2) is 6.99. The number of halogens is 3. The van der Waals surface area contributed by atoms with Gasteiger partial charge in [-0.1, -0.05) is 42.0 Å². The molecule has 1 fully saturated rings. The number of amides is 2. The number of imide groups is 1. The van der Waals surface area contributed by atoms with Crippen molar-refractivity contribution in [3.63, 3.8) is 0 Å². The molecule has 0 radical (unpaired) electrons. The smallest absolute Gasteiger partial charge is 0.268 e. The monoisotopic (exact) mass is 377 g/mol. The van der Waals surface area contributed by atoms with Gasteiger partial charge in [0.1, 0.15) is 0 Å². The maximum absolute atomic E-state index is 12.6. The molecular formula is C19H14F3NO2S. The van der Waals surface area contributed by atoms with E-state index in [9.17, 15) is 22.8 Å². The van der Waals surface area contributed by atoms with E-state index in [1.165, 1.54) is 18.2 Å². The third kappa shape index (κ3) is 3.99. The molecule has 7 heteroatoms. The van der Waals surface area contributed by atoms with Crippen LogP contribution in [0.3, 0.4) is 0 Å². The average Bonchev–Trinajstić information content (AvgIpc) is 2.82. The Hall–Kier alpha value is -2.54. The molecule has 134 valence electrons. The second-order valence-electron chi connectivity index (χ2n) is 5.88. The molecule has 0 aromatic heterocycles. The van der Waals surface area contributed by atoms with E-state index in [-0.39, 0.29) is 11.4 Å². The summed E-state index contributed by atoms with van der Waals surface area (Å²) in [5, 5.41) is -0.394. The molecule has 0 spiro atoms. The van der Waals surface area contributed by atoms with Gasteiger partial charge in [-0.15, -0.1) is 0 Å². The van der Waals surface area contributed by atoms with Crippen LogP contribution in [0.4, 0.5) is 18.0 Å². The Morgan fingerprint density at radius 3 is 2.38 bits per heavy atom. The Kier molecular flexibility index (Phi) is 4.91. The minimum absolute atomic E-state index is 0.163. The Morgan fingerprint density at radius 1 is 1.08 bits per heavy atom. The SMILES string of the molecule is Cc1cccc(CN2C(=O)S/C(=C\c3ccc(C(F)(F)F)cc3)C2=O)c1.